The van der Waals surface area contributed by atoms with E-state index >= 15 is 0 Å². The Balaban J connectivity index is 3.14. The van der Waals surface area contributed by atoms with Crippen molar-refractivity contribution in [3.05, 3.63) is 22.2 Å². The van der Waals surface area contributed by atoms with Gasteiger partial charge in [0.15, 0.2) is 11.5 Å². The summed E-state index contributed by atoms with van der Waals surface area (Å²) >= 11 is 3.12. The van der Waals surface area contributed by atoms with Crippen molar-refractivity contribution < 1.29 is 19.3 Å². The summed E-state index contributed by atoms with van der Waals surface area (Å²) in [6.45, 7) is -0.621. The third-order valence-corrected chi connectivity index (χ3v) is 2.48. The molecule has 1 unspecified atom stereocenters. The minimum absolute atomic E-state index is 0.151. The molecule has 0 fully saturated rings. The SMILES string of the molecule is COc1cc(Br)c(C(F)CO)cc1O. The van der Waals surface area contributed by atoms with E-state index in [0.717, 1.165) is 0 Å². The average molecular weight is 265 g/mol. The smallest absolute Gasteiger partial charge is 0.161 e. The fourth-order valence-corrected chi connectivity index (χ4v) is 1.63. The number of aliphatic hydroxyl groups is 1. The average Bonchev–Trinajstić information content (AvgIpc) is 2.19. The second-order valence-corrected chi connectivity index (χ2v) is 3.55. The number of halogens is 2. The van der Waals surface area contributed by atoms with E-state index in [0.29, 0.717) is 4.47 Å². The number of hydrogen-bond donors (Lipinski definition) is 2. The molecule has 0 amide bonds. The number of phenolic OH excluding ortho intramolecular Hbond substituents is 1. The van der Waals surface area contributed by atoms with Gasteiger partial charge in [0.25, 0.3) is 0 Å². The lowest BCUT2D eigenvalue weighted by Crippen LogP contribution is -1.98. The van der Waals surface area contributed by atoms with E-state index in [2.05, 4.69) is 15.9 Å². The molecule has 0 bridgehead atoms. The zero-order valence-electron chi connectivity index (χ0n) is 7.50. The molecule has 0 aliphatic carbocycles. The predicted octanol–water partition coefficient (Wildman–Crippen LogP) is 2.17. The van der Waals surface area contributed by atoms with Crippen LogP contribution in [0.1, 0.15) is 11.7 Å². The maximum absolute atomic E-state index is 13.1. The first-order valence-electron chi connectivity index (χ1n) is 3.91. The molecule has 0 spiro atoms. The molecule has 3 nitrogen and oxygen atoms in total. The fraction of sp³-hybridized carbons (Fsp3) is 0.333. The van der Waals surface area contributed by atoms with E-state index in [1.54, 1.807) is 0 Å². The summed E-state index contributed by atoms with van der Waals surface area (Å²) in [5.41, 5.74) is 0.200. The number of aromatic hydroxyl groups is 1. The van der Waals surface area contributed by atoms with Gasteiger partial charge < -0.3 is 14.9 Å². The van der Waals surface area contributed by atoms with E-state index < -0.39 is 12.8 Å². The van der Waals surface area contributed by atoms with E-state index in [4.69, 9.17) is 9.84 Å². The fourth-order valence-electron chi connectivity index (χ4n) is 1.06. The van der Waals surface area contributed by atoms with Crippen LogP contribution in [0.25, 0.3) is 0 Å². The first-order chi connectivity index (χ1) is 6.60. The van der Waals surface area contributed by atoms with Gasteiger partial charge in [0.1, 0.15) is 6.17 Å². The number of methoxy groups -OCH3 is 1. The molecule has 5 heteroatoms. The number of hydrogen-bond acceptors (Lipinski definition) is 3. The molecule has 1 aromatic carbocycles. The van der Waals surface area contributed by atoms with Crippen molar-refractivity contribution >= 4 is 15.9 Å². The van der Waals surface area contributed by atoms with E-state index in [9.17, 15) is 9.50 Å². The highest BCUT2D eigenvalue weighted by Gasteiger charge is 2.15. The van der Waals surface area contributed by atoms with Gasteiger partial charge in [0, 0.05) is 10.0 Å². The Kier molecular flexibility index (Phi) is 3.71. The van der Waals surface area contributed by atoms with E-state index in [1.807, 2.05) is 0 Å². The van der Waals surface area contributed by atoms with Gasteiger partial charge in [-0.05, 0) is 12.1 Å². The maximum atomic E-state index is 13.1. The van der Waals surface area contributed by atoms with Crippen LogP contribution in [0, 0.1) is 0 Å². The minimum Gasteiger partial charge on any atom is -0.504 e. The molecule has 1 aromatic rings. The van der Waals surface area contributed by atoms with Gasteiger partial charge in [0.2, 0.25) is 0 Å². The van der Waals surface area contributed by atoms with Crippen molar-refractivity contribution in [2.75, 3.05) is 13.7 Å². The summed E-state index contributed by atoms with van der Waals surface area (Å²) in [5, 5.41) is 18.0. The summed E-state index contributed by atoms with van der Waals surface area (Å²) in [6, 6.07) is 2.68. The molecule has 0 heterocycles. The van der Waals surface area contributed by atoms with Crippen molar-refractivity contribution in [2.24, 2.45) is 0 Å². The van der Waals surface area contributed by atoms with Crippen LogP contribution >= 0.6 is 15.9 Å². The van der Waals surface area contributed by atoms with Crippen LogP contribution < -0.4 is 4.74 Å². The molecule has 1 atom stereocenters. The van der Waals surface area contributed by atoms with Crippen molar-refractivity contribution in [1.29, 1.82) is 0 Å². The van der Waals surface area contributed by atoms with Crippen LogP contribution in [0.3, 0.4) is 0 Å². The van der Waals surface area contributed by atoms with Crippen LogP contribution in [0.5, 0.6) is 11.5 Å². The molecule has 2 N–H and O–H groups in total. The van der Waals surface area contributed by atoms with Gasteiger partial charge >= 0.3 is 0 Å². The quantitative estimate of drug-likeness (QED) is 0.880. The number of aliphatic hydroxyl groups excluding tert-OH is 1. The first kappa shape index (κ1) is 11.3. The Morgan fingerprint density at radius 3 is 2.71 bits per heavy atom. The predicted molar refractivity (Wildman–Crippen MR) is 53.3 cm³/mol. The third-order valence-electron chi connectivity index (χ3n) is 1.80. The van der Waals surface area contributed by atoms with Gasteiger partial charge in [-0.25, -0.2) is 4.39 Å². The summed E-state index contributed by atoms with van der Waals surface area (Å²) < 4.78 is 18.4. The largest absolute Gasteiger partial charge is 0.504 e. The van der Waals surface area contributed by atoms with Gasteiger partial charge in [-0.2, -0.15) is 0 Å². The van der Waals surface area contributed by atoms with Crippen molar-refractivity contribution in [3.63, 3.8) is 0 Å². The molecule has 14 heavy (non-hydrogen) atoms. The van der Waals surface area contributed by atoms with Crippen molar-refractivity contribution in [3.8, 4) is 11.5 Å². The molecule has 1 rings (SSSR count). The van der Waals surface area contributed by atoms with Gasteiger partial charge in [-0.1, -0.05) is 15.9 Å². The number of phenols is 1. The zero-order valence-corrected chi connectivity index (χ0v) is 9.08. The second kappa shape index (κ2) is 4.61. The number of benzene rings is 1. The van der Waals surface area contributed by atoms with Crippen LogP contribution in [-0.2, 0) is 0 Å². The number of rotatable bonds is 3. The highest BCUT2D eigenvalue weighted by Crippen LogP contribution is 2.36. The molecule has 0 saturated carbocycles. The van der Waals surface area contributed by atoms with Crippen molar-refractivity contribution in [1.82, 2.24) is 0 Å². The first-order valence-corrected chi connectivity index (χ1v) is 4.70. The number of ether oxygens (including phenoxy) is 1. The Morgan fingerprint density at radius 2 is 2.21 bits per heavy atom. The Morgan fingerprint density at radius 1 is 1.57 bits per heavy atom. The van der Waals surface area contributed by atoms with Crippen LogP contribution in [0.2, 0.25) is 0 Å². The molecule has 78 valence electrons. The molecule has 0 aromatic heterocycles. The lowest BCUT2D eigenvalue weighted by Gasteiger charge is -2.10. The standard InChI is InChI=1S/C9H10BrFO3/c1-14-9-3-6(10)5(2-8(9)13)7(11)4-12/h2-3,7,12-13H,4H2,1H3. The van der Waals surface area contributed by atoms with Gasteiger partial charge in [-0.3, -0.25) is 0 Å². The van der Waals surface area contributed by atoms with Gasteiger partial charge in [0.05, 0.1) is 13.7 Å². The van der Waals surface area contributed by atoms with E-state index in [-0.39, 0.29) is 17.1 Å². The lowest BCUT2D eigenvalue weighted by atomic mass is 10.1. The minimum atomic E-state index is -1.51. The van der Waals surface area contributed by atoms with Crippen LogP contribution in [0.4, 0.5) is 4.39 Å². The Labute approximate surface area is 89.3 Å². The summed E-state index contributed by atoms with van der Waals surface area (Å²) in [5.74, 6) is 0.104. The molecule has 0 aliphatic heterocycles. The summed E-state index contributed by atoms with van der Waals surface area (Å²) in [4.78, 5) is 0. The van der Waals surface area contributed by atoms with Gasteiger partial charge in [-0.15, -0.1) is 0 Å². The molecule has 0 saturated heterocycles. The molecule has 0 aliphatic rings. The number of alkyl halides is 1. The van der Waals surface area contributed by atoms with Crippen LogP contribution in [-0.4, -0.2) is 23.9 Å². The molecular formula is C9H10BrFO3. The van der Waals surface area contributed by atoms with Crippen molar-refractivity contribution in [2.45, 2.75) is 6.17 Å². The Bertz CT molecular complexity index is 330. The monoisotopic (exact) mass is 264 g/mol. The summed E-state index contributed by atoms with van der Waals surface area (Å²) in [6.07, 6.45) is -1.51. The molecule has 0 radical (unpaired) electrons. The van der Waals surface area contributed by atoms with Crippen LogP contribution in [0.15, 0.2) is 16.6 Å². The highest BCUT2D eigenvalue weighted by atomic mass is 79.9. The highest BCUT2D eigenvalue weighted by molar-refractivity contribution is 9.10. The van der Waals surface area contributed by atoms with E-state index in [1.165, 1.54) is 19.2 Å². The topological polar surface area (TPSA) is 49.7 Å². The normalized spacial score (nSPS) is 12.6. The third kappa shape index (κ3) is 2.16. The second-order valence-electron chi connectivity index (χ2n) is 2.70. The maximum Gasteiger partial charge on any atom is 0.161 e. The molecular weight excluding hydrogens is 255 g/mol. The zero-order chi connectivity index (χ0) is 10.7. The summed E-state index contributed by atoms with van der Waals surface area (Å²) in [7, 11) is 1.40. The lowest BCUT2D eigenvalue weighted by molar-refractivity contribution is 0.179. The Hall–Kier alpha value is -0.810.